The molecule has 0 saturated carbocycles. The van der Waals surface area contributed by atoms with Gasteiger partial charge in [-0.1, -0.05) is 18.2 Å². The number of benzene rings is 3. The highest BCUT2D eigenvalue weighted by molar-refractivity contribution is 6.18. The van der Waals surface area contributed by atoms with Gasteiger partial charge >= 0.3 is 5.97 Å². The van der Waals surface area contributed by atoms with Crippen molar-refractivity contribution in [1.82, 2.24) is 0 Å². The Kier molecular flexibility index (Phi) is 4.06. The average Bonchev–Trinajstić information content (AvgIpc) is 2.60. The summed E-state index contributed by atoms with van der Waals surface area (Å²) < 4.78 is 16.0. The highest BCUT2D eigenvalue weighted by atomic mass is 16.5. The van der Waals surface area contributed by atoms with Crippen LogP contribution in [0, 0.1) is 0 Å². The minimum Gasteiger partial charge on any atom is -0.497 e. The smallest absolute Gasteiger partial charge is 0.338 e. The van der Waals surface area contributed by atoms with Crippen LogP contribution in [0.1, 0.15) is 17.3 Å². The van der Waals surface area contributed by atoms with Crippen LogP contribution < -0.4 is 9.47 Å². The SMILES string of the molecule is CCOC(=O)c1cc2ccc(OC)cc2c2c(OC)cccc12. The summed E-state index contributed by atoms with van der Waals surface area (Å²) in [7, 11) is 3.26. The zero-order chi connectivity index (χ0) is 16.4. The van der Waals surface area contributed by atoms with Crippen molar-refractivity contribution in [1.29, 1.82) is 0 Å². The van der Waals surface area contributed by atoms with Crippen LogP contribution in [0.25, 0.3) is 21.5 Å². The van der Waals surface area contributed by atoms with Crippen molar-refractivity contribution in [3.63, 3.8) is 0 Å². The van der Waals surface area contributed by atoms with Crippen LogP contribution in [0.3, 0.4) is 0 Å². The van der Waals surface area contributed by atoms with Crippen molar-refractivity contribution < 1.29 is 19.0 Å². The molecule has 0 aliphatic rings. The number of ether oxygens (including phenoxy) is 3. The fourth-order valence-corrected chi connectivity index (χ4v) is 2.82. The maximum absolute atomic E-state index is 12.3. The van der Waals surface area contributed by atoms with E-state index in [0.717, 1.165) is 27.3 Å². The lowest BCUT2D eigenvalue weighted by atomic mass is 9.96. The van der Waals surface area contributed by atoms with Gasteiger partial charge in [0.2, 0.25) is 0 Å². The van der Waals surface area contributed by atoms with Gasteiger partial charge in [0.25, 0.3) is 0 Å². The van der Waals surface area contributed by atoms with Crippen molar-refractivity contribution in [3.8, 4) is 11.5 Å². The van der Waals surface area contributed by atoms with Crippen molar-refractivity contribution in [2.24, 2.45) is 0 Å². The van der Waals surface area contributed by atoms with E-state index >= 15 is 0 Å². The Hall–Kier alpha value is -2.75. The third-order valence-corrected chi connectivity index (χ3v) is 3.86. The van der Waals surface area contributed by atoms with E-state index in [2.05, 4.69) is 0 Å². The van der Waals surface area contributed by atoms with Gasteiger partial charge in [0, 0.05) is 10.8 Å². The Balaban J connectivity index is 2.44. The Bertz CT molecular complexity index is 883. The number of esters is 1. The topological polar surface area (TPSA) is 44.8 Å². The summed E-state index contributed by atoms with van der Waals surface area (Å²) >= 11 is 0. The lowest BCUT2D eigenvalue weighted by Crippen LogP contribution is -2.06. The van der Waals surface area contributed by atoms with Crippen LogP contribution in [0.5, 0.6) is 11.5 Å². The summed E-state index contributed by atoms with van der Waals surface area (Å²) in [5.41, 5.74) is 0.540. The molecule has 0 aliphatic carbocycles. The van der Waals surface area contributed by atoms with Gasteiger partial charge in [0.15, 0.2) is 0 Å². The fourth-order valence-electron chi connectivity index (χ4n) is 2.82. The van der Waals surface area contributed by atoms with Crippen LogP contribution in [-0.2, 0) is 4.74 Å². The number of rotatable bonds is 4. The monoisotopic (exact) mass is 310 g/mol. The first-order chi connectivity index (χ1) is 11.2. The highest BCUT2D eigenvalue weighted by Crippen LogP contribution is 2.37. The number of hydrogen-bond acceptors (Lipinski definition) is 4. The Morgan fingerprint density at radius 2 is 1.83 bits per heavy atom. The third kappa shape index (κ3) is 2.57. The van der Waals surface area contributed by atoms with Crippen LogP contribution in [0.15, 0.2) is 42.5 Å². The predicted octanol–water partition coefficient (Wildman–Crippen LogP) is 4.19. The van der Waals surface area contributed by atoms with Gasteiger partial charge in [0.05, 0.1) is 26.4 Å². The second kappa shape index (κ2) is 6.16. The standard InChI is InChI=1S/C19H18O4/c1-4-23-19(20)16-10-12-8-9-13(21-2)11-15(12)18-14(16)6-5-7-17(18)22-3/h5-11H,4H2,1-3H3. The number of carbonyl (C=O) groups is 1. The molecule has 0 amide bonds. The Morgan fingerprint density at radius 1 is 1.00 bits per heavy atom. The molecule has 0 fully saturated rings. The van der Waals surface area contributed by atoms with Crippen molar-refractivity contribution >= 4 is 27.5 Å². The van der Waals surface area contributed by atoms with Gasteiger partial charge in [-0.25, -0.2) is 4.79 Å². The Labute approximate surface area is 134 Å². The molecule has 0 unspecified atom stereocenters. The molecule has 4 nitrogen and oxygen atoms in total. The van der Waals surface area contributed by atoms with Crippen molar-refractivity contribution in [2.75, 3.05) is 20.8 Å². The second-order valence-electron chi connectivity index (χ2n) is 5.11. The first kappa shape index (κ1) is 15.2. The van der Waals surface area contributed by atoms with Crippen LogP contribution >= 0.6 is 0 Å². The van der Waals surface area contributed by atoms with E-state index < -0.39 is 0 Å². The largest absolute Gasteiger partial charge is 0.497 e. The predicted molar refractivity (Wildman–Crippen MR) is 90.5 cm³/mol. The molecule has 3 aromatic carbocycles. The summed E-state index contributed by atoms with van der Waals surface area (Å²) in [4.78, 5) is 12.3. The molecule has 118 valence electrons. The quantitative estimate of drug-likeness (QED) is 0.535. The van der Waals surface area contributed by atoms with E-state index in [-0.39, 0.29) is 5.97 Å². The van der Waals surface area contributed by atoms with Gasteiger partial charge in [-0.3, -0.25) is 0 Å². The minimum absolute atomic E-state index is 0.330. The Morgan fingerprint density at radius 3 is 2.52 bits per heavy atom. The van der Waals surface area contributed by atoms with E-state index in [1.807, 2.05) is 42.5 Å². The molecule has 0 radical (unpaired) electrons. The molecule has 0 N–H and O–H groups in total. The van der Waals surface area contributed by atoms with Gasteiger partial charge in [0.1, 0.15) is 11.5 Å². The van der Waals surface area contributed by atoms with E-state index in [4.69, 9.17) is 14.2 Å². The molecular formula is C19H18O4. The van der Waals surface area contributed by atoms with Crippen LogP contribution in [-0.4, -0.2) is 26.8 Å². The maximum atomic E-state index is 12.3. The first-order valence-electron chi connectivity index (χ1n) is 7.44. The fraction of sp³-hybridized carbons (Fsp3) is 0.211. The molecule has 0 saturated heterocycles. The zero-order valence-electron chi connectivity index (χ0n) is 13.4. The maximum Gasteiger partial charge on any atom is 0.338 e. The minimum atomic E-state index is -0.330. The molecule has 0 aromatic heterocycles. The van der Waals surface area contributed by atoms with E-state index in [9.17, 15) is 4.79 Å². The summed E-state index contributed by atoms with van der Waals surface area (Å²) in [6.45, 7) is 2.14. The number of fused-ring (bicyclic) bond motifs is 3. The molecule has 4 heteroatoms. The molecule has 0 spiro atoms. The van der Waals surface area contributed by atoms with Crippen LogP contribution in [0.4, 0.5) is 0 Å². The van der Waals surface area contributed by atoms with Gasteiger partial charge in [-0.15, -0.1) is 0 Å². The molecule has 0 atom stereocenters. The van der Waals surface area contributed by atoms with Crippen molar-refractivity contribution in [2.45, 2.75) is 6.92 Å². The molecule has 0 heterocycles. The molecule has 0 aliphatic heterocycles. The molecule has 3 aromatic rings. The second-order valence-corrected chi connectivity index (χ2v) is 5.11. The number of methoxy groups -OCH3 is 2. The van der Waals surface area contributed by atoms with E-state index in [1.165, 1.54) is 0 Å². The molecule has 3 rings (SSSR count). The number of hydrogen-bond donors (Lipinski definition) is 0. The first-order valence-corrected chi connectivity index (χ1v) is 7.44. The van der Waals surface area contributed by atoms with Crippen LogP contribution in [0.2, 0.25) is 0 Å². The zero-order valence-corrected chi connectivity index (χ0v) is 13.4. The normalized spacial score (nSPS) is 10.7. The summed E-state index contributed by atoms with van der Waals surface area (Å²) in [5.74, 6) is 1.14. The lowest BCUT2D eigenvalue weighted by Gasteiger charge is -2.13. The van der Waals surface area contributed by atoms with E-state index in [0.29, 0.717) is 17.9 Å². The lowest BCUT2D eigenvalue weighted by molar-refractivity contribution is 0.0529. The van der Waals surface area contributed by atoms with Gasteiger partial charge in [-0.2, -0.15) is 0 Å². The summed E-state index contributed by atoms with van der Waals surface area (Å²) in [5, 5.41) is 3.61. The summed E-state index contributed by atoms with van der Waals surface area (Å²) in [6, 6.07) is 13.3. The number of carbonyl (C=O) groups excluding carboxylic acids is 1. The molecule has 0 bridgehead atoms. The van der Waals surface area contributed by atoms with Gasteiger partial charge in [-0.05, 0) is 42.0 Å². The third-order valence-electron chi connectivity index (χ3n) is 3.86. The summed E-state index contributed by atoms with van der Waals surface area (Å²) in [6.07, 6.45) is 0. The average molecular weight is 310 g/mol. The molecular weight excluding hydrogens is 292 g/mol. The van der Waals surface area contributed by atoms with Gasteiger partial charge < -0.3 is 14.2 Å². The molecule has 23 heavy (non-hydrogen) atoms. The van der Waals surface area contributed by atoms with Crippen molar-refractivity contribution in [3.05, 3.63) is 48.0 Å². The van der Waals surface area contributed by atoms with E-state index in [1.54, 1.807) is 21.1 Å². The highest BCUT2D eigenvalue weighted by Gasteiger charge is 2.17.